The maximum Gasteiger partial charge on any atom is 0.0701 e. The van der Waals surface area contributed by atoms with Crippen LogP contribution in [0.2, 0.25) is 0 Å². The van der Waals surface area contributed by atoms with Crippen LogP contribution in [0.15, 0.2) is 0 Å². The fourth-order valence-corrected chi connectivity index (χ4v) is 0.364. The van der Waals surface area contributed by atoms with Crippen LogP contribution in [0.3, 0.4) is 0 Å². The fourth-order valence-electron chi connectivity index (χ4n) is 0.364. The Morgan fingerprint density at radius 1 is 1.25 bits per heavy atom. The minimum Gasteiger partial charge on any atom is -0.379 e. The van der Waals surface area contributed by atoms with Crippen molar-refractivity contribution in [1.29, 1.82) is 0 Å². The van der Waals surface area contributed by atoms with Crippen LogP contribution >= 0.6 is 0 Å². The fraction of sp³-hybridized carbons (Fsp3) is 0.833. The molecule has 0 N–H and O–H groups in total. The maximum atomic E-state index is 5.06. The van der Waals surface area contributed by atoms with Crippen LogP contribution in [0.5, 0.6) is 0 Å². The Labute approximate surface area is 50.8 Å². The van der Waals surface area contributed by atoms with E-state index in [2.05, 4.69) is 18.8 Å². The standard InChI is InChI=1S/C6H13O2/c1-3-4-8-6-5-7-2/h2-6H2,1H3. The average molecular weight is 117 g/mol. The van der Waals surface area contributed by atoms with Crippen LogP contribution < -0.4 is 0 Å². The van der Waals surface area contributed by atoms with Gasteiger partial charge < -0.3 is 9.47 Å². The van der Waals surface area contributed by atoms with Crippen molar-refractivity contribution >= 4 is 0 Å². The van der Waals surface area contributed by atoms with E-state index < -0.39 is 0 Å². The van der Waals surface area contributed by atoms with Crippen LogP contribution in [-0.2, 0) is 9.47 Å². The summed E-state index contributed by atoms with van der Waals surface area (Å²) in [4.78, 5) is 0. The lowest BCUT2D eigenvalue weighted by Crippen LogP contribution is -2.00. The number of hydrogen-bond donors (Lipinski definition) is 0. The van der Waals surface area contributed by atoms with Gasteiger partial charge in [0.05, 0.1) is 20.3 Å². The highest BCUT2D eigenvalue weighted by molar-refractivity contribution is 4.27. The van der Waals surface area contributed by atoms with E-state index in [9.17, 15) is 0 Å². The molecule has 0 aliphatic rings. The van der Waals surface area contributed by atoms with Crippen LogP contribution in [-0.4, -0.2) is 19.8 Å². The number of hydrogen-bond acceptors (Lipinski definition) is 2. The molecule has 0 bridgehead atoms. The Morgan fingerprint density at radius 2 is 2.00 bits per heavy atom. The molecule has 8 heavy (non-hydrogen) atoms. The van der Waals surface area contributed by atoms with E-state index >= 15 is 0 Å². The van der Waals surface area contributed by atoms with Gasteiger partial charge in [0.1, 0.15) is 0 Å². The Balaban J connectivity index is 2.53. The molecule has 0 aliphatic carbocycles. The van der Waals surface area contributed by atoms with Crippen molar-refractivity contribution in [2.24, 2.45) is 0 Å². The number of ether oxygens (including phenoxy) is 2. The molecule has 2 heteroatoms. The van der Waals surface area contributed by atoms with Gasteiger partial charge in [0.2, 0.25) is 0 Å². The molecule has 0 spiro atoms. The first kappa shape index (κ1) is 7.92. The molecule has 49 valence electrons. The molecule has 2 nitrogen and oxygen atoms in total. The molecule has 0 aromatic heterocycles. The van der Waals surface area contributed by atoms with E-state index in [0.717, 1.165) is 13.0 Å². The molecule has 0 amide bonds. The van der Waals surface area contributed by atoms with Gasteiger partial charge in [-0.05, 0) is 6.42 Å². The van der Waals surface area contributed by atoms with Gasteiger partial charge in [0, 0.05) is 6.61 Å². The van der Waals surface area contributed by atoms with Crippen LogP contribution in [0, 0.1) is 7.11 Å². The molecule has 0 aromatic carbocycles. The first-order valence-corrected chi connectivity index (χ1v) is 2.86. The summed E-state index contributed by atoms with van der Waals surface area (Å²) in [5, 5.41) is 0. The van der Waals surface area contributed by atoms with Crippen molar-refractivity contribution in [3.05, 3.63) is 7.11 Å². The minimum atomic E-state index is 0.597. The highest BCUT2D eigenvalue weighted by Crippen LogP contribution is 1.79. The van der Waals surface area contributed by atoms with Gasteiger partial charge in [-0.1, -0.05) is 6.92 Å². The third-order valence-electron chi connectivity index (χ3n) is 0.720. The molecule has 0 saturated heterocycles. The van der Waals surface area contributed by atoms with Gasteiger partial charge in [-0.25, -0.2) is 0 Å². The van der Waals surface area contributed by atoms with Crippen molar-refractivity contribution in [2.45, 2.75) is 13.3 Å². The van der Waals surface area contributed by atoms with Gasteiger partial charge in [-0.2, -0.15) is 0 Å². The largest absolute Gasteiger partial charge is 0.379 e. The zero-order valence-corrected chi connectivity index (χ0v) is 5.35. The Kier molecular flexibility index (Phi) is 6.85. The van der Waals surface area contributed by atoms with Crippen LogP contribution in [0.25, 0.3) is 0 Å². The van der Waals surface area contributed by atoms with E-state index in [1.165, 1.54) is 0 Å². The highest BCUT2D eigenvalue weighted by atomic mass is 16.5. The molecule has 1 radical (unpaired) electrons. The topological polar surface area (TPSA) is 18.5 Å². The maximum absolute atomic E-state index is 5.06. The summed E-state index contributed by atoms with van der Waals surface area (Å²) < 4.78 is 9.57. The Hall–Kier alpha value is -0.0800. The third kappa shape index (κ3) is 5.92. The van der Waals surface area contributed by atoms with Crippen molar-refractivity contribution in [3.8, 4) is 0 Å². The lowest BCUT2D eigenvalue weighted by atomic mass is 10.5. The Morgan fingerprint density at radius 3 is 2.50 bits per heavy atom. The highest BCUT2D eigenvalue weighted by Gasteiger charge is 1.81. The van der Waals surface area contributed by atoms with Crippen LogP contribution in [0.1, 0.15) is 13.3 Å². The van der Waals surface area contributed by atoms with Gasteiger partial charge in [0.25, 0.3) is 0 Å². The van der Waals surface area contributed by atoms with Crippen LogP contribution in [0.4, 0.5) is 0 Å². The second-order valence-corrected chi connectivity index (χ2v) is 1.52. The molecule has 0 rings (SSSR count). The molecule has 0 unspecified atom stereocenters. The predicted molar refractivity (Wildman–Crippen MR) is 32.4 cm³/mol. The quantitative estimate of drug-likeness (QED) is 0.504. The zero-order chi connectivity index (χ0) is 6.24. The van der Waals surface area contributed by atoms with E-state index in [0.29, 0.717) is 13.2 Å². The van der Waals surface area contributed by atoms with E-state index in [-0.39, 0.29) is 0 Å². The van der Waals surface area contributed by atoms with Crippen molar-refractivity contribution in [2.75, 3.05) is 19.8 Å². The summed E-state index contributed by atoms with van der Waals surface area (Å²) in [5.74, 6) is 0. The van der Waals surface area contributed by atoms with E-state index in [1.807, 2.05) is 0 Å². The van der Waals surface area contributed by atoms with Crippen molar-refractivity contribution in [1.82, 2.24) is 0 Å². The van der Waals surface area contributed by atoms with Crippen molar-refractivity contribution < 1.29 is 9.47 Å². The monoisotopic (exact) mass is 117 g/mol. The molecule has 0 heterocycles. The summed E-state index contributed by atoms with van der Waals surface area (Å²) in [6.07, 6.45) is 1.07. The van der Waals surface area contributed by atoms with Gasteiger partial charge >= 0.3 is 0 Å². The van der Waals surface area contributed by atoms with Gasteiger partial charge in [-0.15, -0.1) is 0 Å². The predicted octanol–water partition coefficient (Wildman–Crippen LogP) is 1.22. The molecule has 0 aromatic rings. The normalized spacial score (nSPS) is 9.75. The van der Waals surface area contributed by atoms with E-state index in [1.54, 1.807) is 0 Å². The lowest BCUT2D eigenvalue weighted by molar-refractivity contribution is 0.0833. The second-order valence-electron chi connectivity index (χ2n) is 1.52. The third-order valence-corrected chi connectivity index (χ3v) is 0.720. The molecule has 0 aliphatic heterocycles. The summed E-state index contributed by atoms with van der Waals surface area (Å²) in [6.45, 7) is 4.16. The summed E-state index contributed by atoms with van der Waals surface area (Å²) in [7, 11) is 3.20. The van der Waals surface area contributed by atoms with Crippen molar-refractivity contribution in [3.63, 3.8) is 0 Å². The molecule has 0 saturated carbocycles. The van der Waals surface area contributed by atoms with Gasteiger partial charge in [0.15, 0.2) is 0 Å². The minimum absolute atomic E-state index is 0.597. The first-order valence-electron chi connectivity index (χ1n) is 2.86. The smallest absolute Gasteiger partial charge is 0.0701 e. The summed E-state index contributed by atoms with van der Waals surface area (Å²) >= 11 is 0. The lowest BCUT2D eigenvalue weighted by Gasteiger charge is -1.98. The molecule has 0 atom stereocenters. The average Bonchev–Trinajstić information content (AvgIpc) is 1.81. The summed E-state index contributed by atoms with van der Waals surface area (Å²) in [6, 6.07) is 0. The molecular weight excluding hydrogens is 104 g/mol. The second kappa shape index (κ2) is 6.92. The zero-order valence-electron chi connectivity index (χ0n) is 5.35. The SMILES string of the molecule is [CH2]OCCOCCC. The number of rotatable bonds is 5. The molecule has 0 fully saturated rings. The summed E-state index contributed by atoms with van der Waals surface area (Å²) in [5.41, 5.74) is 0. The Bertz CT molecular complexity index is 31.5. The molecular formula is C6H13O2. The van der Waals surface area contributed by atoms with Gasteiger partial charge in [-0.3, -0.25) is 0 Å². The first-order chi connectivity index (χ1) is 3.91. The van der Waals surface area contributed by atoms with E-state index in [4.69, 9.17) is 4.74 Å².